The number of para-hydroxylation sites is 1. The molecule has 0 spiro atoms. The van der Waals surface area contributed by atoms with Crippen LogP contribution in [-0.4, -0.2) is 32.8 Å². The molecule has 3 aromatic rings. The predicted molar refractivity (Wildman–Crippen MR) is 71.9 cm³/mol. The van der Waals surface area contributed by atoms with Crippen LogP contribution >= 0.6 is 0 Å². The van der Waals surface area contributed by atoms with Crippen molar-refractivity contribution in [3.8, 4) is 17.0 Å². The summed E-state index contributed by atoms with van der Waals surface area (Å²) in [5, 5.41) is 13.0. The van der Waals surface area contributed by atoms with E-state index in [0.717, 1.165) is 16.8 Å². The zero-order valence-electron chi connectivity index (χ0n) is 10.6. The molecule has 0 saturated carbocycles. The number of methoxy groups -OCH3 is 1. The van der Waals surface area contributed by atoms with Gasteiger partial charge in [0.25, 0.3) is 5.82 Å². The largest absolute Gasteiger partial charge is 0.496 e. The zero-order valence-corrected chi connectivity index (χ0v) is 10.6. The Morgan fingerprint density at radius 2 is 2.05 bits per heavy atom. The van der Waals surface area contributed by atoms with Crippen molar-refractivity contribution < 1.29 is 14.6 Å². The third-order valence-corrected chi connectivity index (χ3v) is 2.97. The Morgan fingerprint density at radius 3 is 2.80 bits per heavy atom. The fourth-order valence-electron chi connectivity index (χ4n) is 2.06. The molecule has 6 nitrogen and oxygen atoms in total. The number of fused-ring (bicyclic) bond motifs is 1. The molecule has 0 atom stereocenters. The fourth-order valence-corrected chi connectivity index (χ4v) is 2.06. The molecule has 3 rings (SSSR count). The lowest BCUT2D eigenvalue weighted by Crippen LogP contribution is -2.08. The normalized spacial score (nSPS) is 10.7. The van der Waals surface area contributed by atoms with Gasteiger partial charge < -0.3 is 9.84 Å². The lowest BCUT2D eigenvalue weighted by atomic mass is 10.1. The molecule has 1 N–H and O–H groups in total. The third kappa shape index (κ3) is 1.87. The van der Waals surface area contributed by atoms with Gasteiger partial charge in [-0.2, -0.15) is 0 Å². The number of hydrogen-bond donors (Lipinski definition) is 1. The molecule has 2 heterocycles. The van der Waals surface area contributed by atoms with Crippen LogP contribution in [0.2, 0.25) is 0 Å². The topological polar surface area (TPSA) is 76.7 Å². The molecule has 0 saturated heterocycles. The second-order valence-corrected chi connectivity index (χ2v) is 4.14. The maximum absolute atomic E-state index is 11.0. The Balaban J connectivity index is 2.26. The first-order chi connectivity index (χ1) is 9.70. The Kier molecular flexibility index (Phi) is 2.83. The van der Waals surface area contributed by atoms with Crippen molar-refractivity contribution in [2.45, 2.75) is 0 Å². The lowest BCUT2D eigenvalue weighted by molar-refractivity contribution is 0.0681. The van der Waals surface area contributed by atoms with E-state index in [2.05, 4.69) is 10.1 Å². The van der Waals surface area contributed by atoms with Crippen molar-refractivity contribution in [1.82, 2.24) is 14.6 Å². The first-order valence-corrected chi connectivity index (χ1v) is 5.92. The van der Waals surface area contributed by atoms with Crippen LogP contribution in [-0.2, 0) is 0 Å². The van der Waals surface area contributed by atoms with Crippen LogP contribution in [0, 0.1) is 0 Å². The van der Waals surface area contributed by atoms with E-state index in [1.165, 1.54) is 6.20 Å². The number of benzene rings is 1. The molecule has 100 valence electrons. The highest BCUT2D eigenvalue weighted by atomic mass is 16.5. The summed E-state index contributed by atoms with van der Waals surface area (Å²) >= 11 is 0. The maximum atomic E-state index is 11.0. The number of ether oxygens (including phenoxy) is 1. The maximum Gasteiger partial charge on any atom is 0.375 e. The number of nitrogens with zero attached hydrogens (tertiary/aromatic N) is 3. The summed E-state index contributed by atoms with van der Waals surface area (Å²) in [5.41, 5.74) is 2.31. The minimum atomic E-state index is -1.16. The highest BCUT2D eigenvalue weighted by molar-refractivity contribution is 5.83. The molecule has 2 aromatic heterocycles. The molecular formula is C14H11N3O3. The van der Waals surface area contributed by atoms with Crippen molar-refractivity contribution in [3.05, 3.63) is 48.4 Å². The van der Waals surface area contributed by atoms with Gasteiger partial charge in [-0.1, -0.05) is 12.1 Å². The smallest absolute Gasteiger partial charge is 0.375 e. The molecule has 0 aliphatic carbocycles. The molecule has 0 aliphatic heterocycles. The van der Waals surface area contributed by atoms with Crippen molar-refractivity contribution in [2.75, 3.05) is 7.11 Å². The summed E-state index contributed by atoms with van der Waals surface area (Å²) in [4.78, 5) is 14.8. The van der Waals surface area contributed by atoms with Crippen LogP contribution in [0.3, 0.4) is 0 Å². The number of aromatic nitrogens is 3. The molecule has 0 aliphatic rings. The molecule has 0 bridgehead atoms. The van der Waals surface area contributed by atoms with E-state index in [4.69, 9.17) is 9.84 Å². The van der Waals surface area contributed by atoms with E-state index in [0.29, 0.717) is 5.75 Å². The number of aromatic carboxylic acids is 1. The Bertz CT molecular complexity index is 795. The van der Waals surface area contributed by atoms with E-state index in [1.54, 1.807) is 11.6 Å². The number of carbonyl (C=O) groups is 1. The minimum absolute atomic E-state index is 0.246. The SMILES string of the molecule is COc1ccccc1-c1ccc2cnc(C(=O)O)nn12. The standard InChI is InChI=1S/C14H11N3O3/c1-20-12-5-3-2-4-10(12)11-7-6-9-8-15-13(14(18)19)16-17(9)11/h2-8H,1H3,(H,18,19). The second kappa shape index (κ2) is 4.65. The average Bonchev–Trinajstić information content (AvgIpc) is 2.89. The lowest BCUT2D eigenvalue weighted by Gasteiger charge is -2.08. The van der Waals surface area contributed by atoms with Gasteiger partial charge in [-0.25, -0.2) is 14.3 Å². The molecule has 6 heteroatoms. The summed E-state index contributed by atoms with van der Waals surface area (Å²) in [6.07, 6.45) is 1.48. The van der Waals surface area contributed by atoms with Gasteiger partial charge >= 0.3 is 5.97 Å². The molecular weight excluding hydrogens is 258 g/mol. The molecule has 0 amide bonds. The zero-order chi connectivity index (χ0) is 14.1. The first-order valence-electron chi connectivity index (χ1n) is 5.92. The number of hydrogen-bond acceptors (Lipinski definition) is 4. The Morgan fingerprint density at radius 1 is 1.25 bits per heavy atom. The summed E-state index contributed by atoms with van der Waals surface area (Å²) in [6, 6.07) is 11.2. The van der Waals surface area contributed by atoms with Crippen LogP contribution in [0.1, 0.15) is 10.6 Å². The quantitative estimate of drug-likeness (QED) is 0.788. The van der Waals surface area contributed by atoms with Crippen LogP contribution in [0.5, 0.6) is 5.75 Å². The number of carboxylic acids is 1. The van der Waals surface area contributed by atoms with Crippen molar-refractivity contribution in [1.29, 1.82) is 0 Å². The highest BCUT2D eigenvalue weighted by Crippen LogP contribution is 2.30. The summed E-state index contributed by atoms with van der Waals surface area (Å²) in [5.74, 6) is -0.709. The molecule has 20 heavy (non-hydrogen) atoms. The fraction of sp³-hybridized carbons (Fsp3) is 0.0714. The van der Waals surface area contributed by atoms with E-state index in [1.807, 2.05) is 36.4 Å². The van der Waals surface area contributed by atoms with Crippen LogP contribution in [0.15, 0.2) is 42.6 Å². The third-order valence-electron chi connectivity index (χ3n) is 2.97. The van der Waals surface area contributed by atoms with Gasteiger partial charge in [-0.05, 0) is 24.3 Å². The van der Waals surface area contributed by atoms with Gasteiger partial charge in [0, 0.05) is 5.56 Å². The van der Waals surface area contributed by atoms with Gasteiger partial charge in [0.15, 0.2) is 0 Å². The van der Waals surface area contributed by atoms with Gasteiger partial charge in [-0.3, -0.25) is 0 Å². The average molecular weight is 269 g/mol. The summed E-state index contributed by atoms with van der Waals surface area (Å²) in [7, 11) is 1.59. The summed E-state index contributed by atoms with van der Waals surface area (Å²) < 4.78 is 6.87. The van der Waals surface area contributed by atoms with E-state index >= 15 is 0 Å². The molecule has 1 aromatic carbocycles. The Labute approximate surface area is 114 Å². The van der Waals surface area contributed by atoms with Crippen LogP contribution in [0.4, 0.5) is 0 Å². The minimum Gasteiger partial charge on any atom is -0.496 e. The van der Waals surface area contributed by atoms with Crippen LogP contribution < -0.4 is 4.74 Å². The van der Waals surface area contributed by atoms with E-state index in [-0.39, 0.29) is 5.82 Å². The van der Waals surface area contributed by atoms with Crippen molar-refractivity contribution >= 4 is 11.5 Å². The monoisotopic (exact) mass is 269 g/mol. The van der Waals surface area contributed by atoms with Gasteiger partial charge in [0.1, 0.15) is 5.75 Å². The van der Waals surface area contributed by atoms with Gasteiger partial charge in [-0.15, -0.1) is 5.10 Å². The number of rotatable bonds is 3. The van der Waals surface area contributed by atoms with Crippen molar-refractivity contribution in [2.24, 2.45) is 0 Å². The van der Waals surface area contributed by atoms with Crippen LogP contribution in [0.25, 0.3) is 16.8 Å². The van der Waals surface area contributed by atoms with E-state index < -0.39 is 5.97 Å². The Hall–Kier alpha value is -2.89. The van der Waals surface area contributed by atoms with Gasteiger partial charge in [0.2, 0.25) is 0 Å². The number of carboxylic acid groups (broad SMARTS) is 1. The van der Waals surface area contributed by atoms with Gasteiger partial charge in [0.05, 0.1) is 24.5 Å². The first kappa shape index (κ1) is 12.2. The molecule has 0 unspecified atom stereocenters. The molecule has 0 fully saturated rings. The highest BCUT2D eigenvalue weighted by Gasteiger charge is 2.13. The molecule has 0 radical (unpaired) electrons. The summed E-state index contributed by atoms with van der Waals surface area (Å²) in [6.45, 7) is 0. The second-order valence-electron chi connectivity index (χ2n) is 4.14. The van der Waals surface area contributed by atoms with E-state index in [9.17, 15) is 4.79 Å². The van der Waals surface area contributed by atoms with Crippen molar-refractivity contribution in [3.63, 3.8) is 0 Å². The predicted octanol–water partition coefficient (Wildman–Crippen LogP) is 2.10.